The Hall–Kier alpha value is -3.30. The zero-order valence-electron chi connectivity index (χ0n) is 16.7. The topological polar surface area (TPSA) is 73.3 Å². The van der Waals surface area contributed by atoms with E-state index in [1.165, 1.54) is 34.8 Å². The predicted octanol–water partition coefficient (Wildman–Crippen LogP) is 5.27. The number of thiazole rings is 2. The highest BCUT2D eigenvalue weighted by atomic mass is 32.1. The normalized spacial score (nSPS) is 10.7. The number of carbonyl (C=O) groups excluding carboxylic acids is 1. The summed E-state index contributed by atoms with van der Waals surface area (Å²) in [6.45, 7) is 0. The molecule has 9 heteroatoms. The number of carbonyl (C=O) groups is 1. The Morgan fingerprint density at radius 3 is 2.71 bits per heavy atom. The Morgan fingerprint density at radius 2 is 1.94 bits per heavy atom. The number of amides is 1. The molecule has 4 aromatic rings. The summed E-state index contributed by atoms with van der Waals surface area (Å²) >= 11 is 2.69. The first-order valence-electron chi connectivity index (χ1n) is 9.24. The highest BCUT2D eigenvalue weighted by Crippen LogP contribution is 2.35. The zero-order valence-corrected chi connectivity index (χ0v) is 18.3. The second kappa shape index (κ2) is 9.23. The molecular formula is C22H18FN3O3S2. The van der Waals surface area contributed by atoms with Crippen molar-refractivity contribution in [1.29, 1.82) is 0 Å². The van der Waals surface area contributed by atoms with Gasteiger partial charge in [0.05, 0.1) is 32.0 Å². The fourth-order valence-electron chi connectivity index (χ4n) is 2.94. The smallest absolute Gasteiger partial charge is 0.232 e. The lowest BCUT2D eigenvalue weighted by atomic mass is 10.1. The Bertz CT molecular complexity index is 1220. The fourth-order valence-corrected chi connectivity index (χ4v) is 4.48. The second-order valence-electron chi connectivity index (χ2n) is 6.48. The summed E-state index contributed by atoms with van der Waals surface area (Å²) in [7, 11) is 3.18. The van der Waals surface area contributed by atoms with Crippen molar-refractivity contribution in [2.45, 2.75) is 6.42 Å². The zero-order chi connectivity index (χ0) is 21.8. The van der Waals surface area contributed by atoms with Crippen molar-refractivity contribution in [3.63, 3.8) is 0 Å². The predicted molar refractivity (Wildman–Crippen MR) is 120 cm³/mol. The number of anilines is 1. The van der Waals surface area contributed by atoms with Gasteiger partial charge >= 0.3 is 0 Å². The molecule has 0 saturated carbocycles. The van der Waals surface area contributed by atoms with Crippen molar-refractivity contribution >= 4 is 33.7 Å². The highest BCUT2D eigenvalue weighted by Gasteiger charge is 2.14. The number of benzene rings is 2. The van der Waals surface area contributed by atoms with Crippen molar-refractivity contribution in [2.75, 3.05) is 19.5 Å². The number of ether oxygens (including phenoxy) is 2. The average molecular weight is 456 g/mol. The number of aromatic nitrogens is 2. The van der Waals surface area contributed by atoms with Crippen LogP contribution in [0.1, 0.15) is 5.69 Å². The van der Waals surface area contributed by atoms with Crippen LogP contribution in [0, 0.1) is 5.82 Å². The molecule has 0 fully saturated rings. The van der Waals surface area contributed by atoms with Crippen molar-refractivity contribution in [3.8, 4) is 33.3 Å². The quantitative estimate of drug-likeness (QED) is 0.411. The van der Waals surface area contributed by atoms with Crippen molar-refractivity contribution < 1.29 is 18.7 Å². The monoisotopic (exact) mass is 455 g/mol. The largest absolute Gasteiger partial charge is 0.497 e. The summed E-state index contributed by atoms with van der Waals surface area (Å²) in [6.07, 6.45) is 0.100. The SMILES string of the molecule is COc1ccc(OC)c(-c2csc(NC(=O)Cc3csc(-c4cccc(F)c4)n3)n2)c1. The van der Waals surface area contributed by atoms with Gasteiger partial charge in [-0.1, -0.05) is 12.1 Å². The van der Waals surface area contributed by atoms with E-state index in [-0.39, 0.29) is 18.1 Å². The van der Waals surface area contributed by atoms with E-state index >= 15 is 0 Å². The molecule has 2 aromatic heterocycles. The van der Waals surface area contributed by atoms with Gasteiger partial charge in [-0.05, 0) is 30.3 Å². The number of hydrogen-bond donors (Lipinski definition) is 1. The Morgan fingerprint density at radius 1 is 1.06 bits per heavy atom. The Kier molecular flexibility index (Phi) is 6.24. The lowest BCUT2D eigenvalue weighted by Gasteiger charge is -2.08. The maximum atomic E-state index is 13.4. The summed E-state index contributed by atoms with van der Waals surface area (Å²) in [5.41, 5.74) is 2.76. The molecule has 0 radical (unpaired) electrons. The van der Waals surface area contributed by atoms with Crippen LogP contribution in [-0.2, 0) is 11.2 Å². The van der Waals surface area contributed by atoms with E-state index in [1.54, 1.807) is 31.7 Å². The molecule has 0 bridgehead atoms. The maximum Gasteiger partial charge on any atom is 0.232 e. The molecule has 0 atom stereocenters. The standard InChI is InChI=1S/C22H18FN3O3S2/c1-28-16-6-7-19(29-2)17(10-16)18-12-31-22(25-18)26-20(27)9-15-11-30-21(24-15)13-4-3-5-14(23)8-13/h3-8,10-12H,9H2,1-2H3,(H,25,26,27). The third-order valence-corrected chi connectivity index (χ3v) is 6.10. The van der Waals surface area contributed by atoms with Crippen molar-refractivity contribution in [3.05, 3.63) is 64.7 Å². The van der Waals surface area contributed by atoms with Gasteiger partial charge in [0.2, 0.25) is 5.91 Å². The van der Waals surface area contributed by atoms with E-state index < -0.39 is 0 Å². The van der Waals surface area contributed by atoms with Crippen molar-refractivity contribution in [2.24, 2.45) is 0 Å². The number of halogens is 1. The summed E-state index contributed by atoms with van der Waals surface area (Å²) in [5, 5.41) is 7.60. The van der Waals surface area contributed by atoms with Gasteiger partial charge in [0.25, 0.3) is 0 Å². The van der Waals surface area contributed by atoms with Crippen LogP contribution in [0.15, 0.2) is 53.2 Å². The van der Waals surface area contributed by atoms with Gasteiger partial charge in [0.1, 0.15) is 22.3 Å². The van der Waals surface area contributed by atoms with Crippen LogP contribution in [0.25, 0.3) is 21.8 Å². The molecule has 0 unspecified atom stereocenters. The molecule has 1 amide bonds. The maximum absolute atomic E-state index is 13.4. The van der Waals surface area contributed by atoms with Crippen LogP contribution in [0.4, 0.5) is 9.52 Å². The summed E-state index contributed by atoms with van der Waals surface area (Å²) < 4.78 is 24.1. The first-order chi connectivity index (χ1) is 15.1. The van der Waals surface area contributed by atoms with Crippen molar-refractivity contribution in [1.82, 2.24) is 9.97 Å². The third-order valence-electron chi connectivity index (χ3n) is 4.40. The number of hydrogen-bond acceptors (Lipinski definition) is 7. The first-order valence-corrected chi connectivity index (χ1v) is 11.0. The van der Waals surface area contributed by atoms with Gasteiger partial charge in [0.15, 0.2) is 5.13 Å². The molecular weight excluding hydrogens is 437 g/mol. The Labute approximate surface area is 186 Å². The van der Waals surface area contributed by atoms with Crippen LogP contribution in [-0.4, -0.2) is 30.1 Å². The van der Waals surface area contributed by atoms with Crippen LogP contribution in [0.3, 0.4) is 0 Å². The number of nitrogens with zero attached hydrogens (tertiary/aromatic N) is 2. The number of nitrogens with one attached hydrogen (secondary N) is 1. The lowest BCUT2D eigenvalue weighted by Crippen LogP contribution is -2.14. The minimum Gasteiger partial charge on any atom is -0.497 e. The summed E-state index contributed by atoms with van der Waals surface area (Å²) in [5.74, 6) is 0.803. The highest BCUT2D eigenvalue weighted by molar-refractivity contribution is 7.14. The lowest BCUT2D eigenvalue weighted by molar-refractivity contribution is -0.115. The van der Waals surface area contributed by atoms with E-state index in [9.17, 15) is 9.18 Å². The van der Waals surface area contributed by atoms with Crippen LogP contribution < -0.4 is 14.8 Å². The van der Waals surface area contributed by atoms with Crippen LogP contribution in [0.5, 0.6) is 11.5 Å². The van der Waals surface area contributed by atoms with E-state index in [4.69, 9.17) is 9.47 Å². The van der Waals surface area contributed by atoms with Crippen LogP contribution in [0.2, 0.25) is 0 Å². The van der Waals surface area contributed by atoms with Gasteiger partial charge in [-0.2, -0.15) is 0 Å². The number of methoxy groups -OCH3 is 2. The minimum atomic E-state index is -0.320. The van der Waals surface area contributed by atoms with Gasteiger partial charge in [-0.15, -0.1) is 22.7 Å². The number of rotatable bonds is 7. The van der Waals surface area contributed by atoms with Gasteiger partial charge in [-0.25, -0.2) is 14.4 Å². The molecule has 0 saturated heterocycles. The molecule has 31 heavy (non-hydrogen) atoms. The fraction of sp³-hybridized carbons (Fsp3) is 0.136. The molecule has 158 valence electrons. The average Bonchev–Trinajstić information content (AvgIpc) is 3.43. The molecule has 6 nitrogen and oxygen atoms in total. The van der Waals surface area contributed by atoms with Gasteiger partial charge in [-0.3, -0.25) is 4.79 Å². The molecule has 0 aliphatic heterocycles. The molecule has 0 aliphatic rings. The Balaban J connectivity index is 1.44. The molecule has 0 spiro atoms. The minimum absolute atomic E-state index is 0.100. The van der Waals surface area contributed by atoms with E-state index in [0.717, 1.165) is 5.56 Å². The molecule has 1 N–H and O–H groups in total. The van der Waals surface area contributed by atoms with Gasteiger partial charge < -0.3 is 14.8 Å². The molecule has 2 heterocycles. The van der Waals surface area contributed by atoms with E-state index in [1.807, 2.05) is 23.6 Å². The van der Waals surface area contributed by atoms with E-state index in [2.05, 4.69) is 15.3 Å². The first kappa shape index (κ1) is 21.0. The molecule has 4 rings (SSSR count). The molecule has 0 aliphatic carbocycles. The van der Waals surface area contributed by atoms with Crippen LogP contribution >= 0.6 is 22.7 Å². The summed E-state index contributed by atoms with van der Waals surface area (Å²) in [6, 6.07) is 11.7. The molecule has 2 aromatic carbocycles. The summed E-state index contributed by atoms with van der Waals surface area (Å²) in [4.78, 5) is 21.4. The van der Waals surface area contributed by atoms with Gasteiger partial charge in [0, 0.05) is 21.9 Å². The second-order valence-corrected chi connectivity index (χ2v) is 8.20. The third kappa shape index (κ3) is 4.89. The van der Waals surface area contributed by atoms with E-state index in [0.29, 0.717) is 38.6 Å².